The zero-order chi connectivity index (χ0) is 37.2. The summed E-state index contributed by atoms with van der Waals surface area (Å²) in [4.78, 5) is 67.8. The van der Waals surface area contributed by atoms with Crippen molar-refractivity contribution in [2.45, 2.75) is 72.0 Å². The van der Waals surface area contributed by atoms with Crippen molar-refractivity contribution in [2.24, 2.45) is 11.1 Å². The maximum Gasteiger partial charge on any atom is 0.248 e. The molecule has 2 fully saturated rings. The van der Waals surface area contributed by atoms with Crippen molar-refractivity contribution in [3.05, 3.63) is 63.9 Å². The third kappa shape index (κ3) is 8.12. The molecule has 15 heteroatoms. The molecule has 1 saturated heterocycles. The molecule has 0 spiro atoms. The van der Waals surface area contributed by atoms with Crippen LogP contribution in [0.25, 0.3) is 22.0 Å². The summed E-state index contributed by atoms with van der Waals surface area (Å²) < 4.78 is 12.8. The fraction of sp³-hybridized carbons (Fsp3) is 0.459. The van der Waals surface area contributed by atoms with E-state index in [0.29, 0.717) is 66.4 Å². The number of anilines is 1. The number of hydrogen-bond donors (Lipinski definition) is 2. The Morgan fingerprint density at radius 2 is 1.77 bits per heavy atom. The first kappa shape index (κ1) is 37.3. The van der Waals surface area contributed by atoms with Gasteiger partial charge >= 0.3 is 0 Å². The van der Waals surface area contributed by atoms with Gasteiger partial charge in [-0.3, -0.25) is 23.9 Å². The van der Waals surface area contributed by atoms with Gasteiger partial charge in [-0.2, -0.15) is 5.10 Å². The fourth-order valence-corrected chi connectivity index (χ4v) is 7.22. The lowest BCUT2D eigenvalue weighted by Gasteiger charge is -2.27. The zero-order valence-electron chi connectivity index (χ0n) is 29.8. The van der Waals surface area contributed by atoms with Gasteiger partial charge in [0.15, 0.2) is 11.6 Å². The summed E-state index contributed by atoms with van der Waals surface area (Å²) >= 11 is 3.36. The zero-order valence-corrected chi connectivity index (χ0v) is 31.4. The number of aromatic nitrogens is 5. The van der Waals surface area contributed by atoms with E-state index in [4.69, 9.17) is 15.2 Å². The van der Waals surface area contributed by atoms with Gasteiger partial charge in [0.2, 0.25) is 11.8 Å². The molecule has 2 aliphatic rings. The summed E-state index contributed by atoms with van der Waals surface area (Å²) in [5, 5.41) is 8.17. The van der Waals surface area contributed by atoms with Crippen molar-refractivity contribution in [1.82, 2.24) is 29.6 Å². The van der Waals surface area contributed by atoms with E-state index in [1.165, 1.54) is 6.92 Å². The average molecular weight is 776 g/mol. The van der Waals surface area contributed by atoms with Crippen molar-refractivity contribution in [3.63, 3.8) is 0 Å². The van der Waals surface area contributed by atoms with Crippen LogP contribution in [0.3, 0.4) is 0 Å². The van der Waals surface area contributed by atoms with Crippen LogP contribution in [0.2, 0.25) is 0 Å². The molecule has 4 aromatic rings. The number of ketones is 2. The number of amides is 2. The largest absolute Gasteiger partial charge is 0.378 e. The molecule has 14 nitrogen and oxygen atoms in total. The van der Waals surface area contributed by atoms with E-state index in [9.17, 15) is 19.2 Å². The van der Waals surface area contributed by atoms with E-state index in [-0.39, 0.29) is 60.1 Å². The Labute approximate surface area is 310 Å². The quantitative estimate of drug-likeness (QED) is 0.0954. The average Bonchev–Trinajstić information content (AvgIpc) is 3.46. The van der Waals surface area contributed by atoms with Crippen LogP contribution in [0.15, 0.2) is 41.3 Å². The minimum Gasteiger partial charge on any atom is -0.378 e. The number of hydrogen-bond acceptors (Lipinski definition) is 11. The molecule has 1 saturated carbocycles. The number of likely N-dealkylation sites (tertiary alicyclic amines) is 1. The predicted octanol–water partition coefficient (Wildman–Crippen LogP) is 3.98. The summed E-state index contributed by atoms with van der Waals surface area (Å²) in [5.41, 5.74) is 9.31. The second-order valence-electron chi connectivity index (χ2n) is 13.8. The first-order valence-electron chi connectivity index (χ1n) is 17.3. The normalized spacial score (nSPS) is 19.2. The number of nitrogens with two attached hydrogens (primary N) is 1. The van der Waals surface area contributed by atoms with Crippen molar-refractivity contribution in [1.29, 1.82) is 0 Å². The third-order valence-electron chi connectivity index (χ3n) is 9.75. The molecule has 1 aliphatic heterocycles. The van der Waals surface area contributed by atoms with Crippen LogP contribution in [0.5, 0.6) is 0 Å². The highest BCUT2D eigenvalue weighted by Gasteiger charge is 2.64. The fourth-order valence-electron chi connectivity index (χ4n) is 6.92. The molecule has 6 rings (SSSR count). The highest BCUT2D eigenvalue weighted by molar-refractivity contribution is 9.10. The van der Waals surface area contributed by atoms with Gasteiger partial charge in [0.05, 0.1) is 25.3 Å². The van der Waals surface area contributed by atoms with Crippen molar-refractivity contribution >= 4 is 56.0 Å². The molecule has 1 aromatic carbocycles. The van der Waals surface area contributed by atoms with E-state index in [1.54, 1.807) is 28.0 Å². The standard InChI is InChI=1S/C37H43BrN8O6/c1-21-5-7-30(38)42-35(21)43-36(50)28-15-37(4)16-29(37)46(28)32(49)19-45-34-22(2)13-24(14-27(34)33(44-45)23(3)47)25-17-40-31(41-18-25)8-6-26(48)20-52-12-11-51-10-9-39/h5,7,13-14,17-18,28-29H,6,8-12,15-16,19-20,39H2,1-4H3,(H,42,43,50)/t28-,29+,37-/m0/s1. The van der Waals surface area contributed by atoms with Gasteiger partial charge in [0, 0.05) is 55.7 Å². The number of Topliss-reactive ketones (excluding diaryl/α,β-unsaturated/α-hetero) is 2. The number of carbonyl (C=O) groups is 4. The number of carbonyl (C=O) groups excluding carboxylic acids is 4. The van der Waals surface area contributed by atoms with Gasteiger partial charge in [-0.1, -0.05) is 13.0 Å². The Morgan fingerprint density at radius 1 is 1.02 bits per heavy atom. The van der Waals surface area contributed by atoms with Crippen molar-refractivity contribution in [3.8, 4) is 11.1 Å². The molecule has 3 atom stereocenters. The molecule has 3 aromatic heterocycles. The highest BCUT2D eigenvalue weighted by Crippen LogP contribution is 2.59. The molecule has 0 radical (unpaired) electrons. The number of fused-ring (bicyclic) bond motifs is 2. The van der Waals surface area contributed by atoms with E-state index >= 15 is 0 Å². The SMILES string of the molecule is CC(=O)c1nn(CC(=O)N2[C@H](C(=O)Nc3nc(Br)ccc3C)C[C@@]3(C)C[C@@H]23)c2c(C)cc(-c3cnc(CCC(=O)COCCOCCN)nc3)cc12. The van der Waals surface area contributed by atoms with Gasteiger partial charge in [-0.25, -0.2) is 15.0 Å². The van der Waals surface area contributed by atoms with Gasteiger partial charge in [-0.15, -0.1) is 0 Å². The van der Waals surface area contributed by atoms with Gasteiger partial charge in [0.25, 0.3) is 0 Å². The Balaban J connectivity index is 1.16. The summed E-state index contributed by atoms with van der Waals surface area (Å²) in [6.45, 7) is 8.80. The van der Waals surface area contributed by atoms with Crippen molar-refractivity contribution < 1.29 is 28.7 Å². The van der Waals surface area contributed by atoms with Crippen LogP contribution in [-0.2, 0) is 36.8 Å². The van der Waals surface area contributed by atoms with Gasteiger partial charge in [0.1, 0.15) is 41.1 Å². The third-order valence-corrected chi connectivity index (χ3v) is 10.2. The molecule has 4 heterocycles. The van der Waals surface area contributed by atoms with E-state index in [2.05, 4.69) is 48.2 Å². The van der Waals surface area contributed by atoms with Crippen LogP contribution >= 0.6 is 15.9 Å². The number of rotatable bonds is 16. The second-order valence-corrected chi connectivity index (χ2v) is 14.6. The van der Waals surface area contributed by atoms with Crippen LogP contribution in [-0.4, -0.2) is 98.1 Å². The molecular formula is C37H43BrN8O6. The van der Waals surface area contributed by atoms with Crippen LogP contribution in [0.1, 0.15) is 60.5 Å². The lowest BCUT2D eigenvalue weighted by atomic mass is 10.0. The number of ether oxygens (including phenoxy) is 2. The smallest absolute Gasteiger partial charge is 0.248 e. The molecule has 52 heavy (non-hydrogen) atoms. The summed E-state index contributed by atoms with van der Waals surface area (Å²) in [6, 6.07) is 6.78. The summed E-state index contributed by atoms with van der Waals surface area (Å²) in [5.74, 6) is 0.175. The number of halogens is 1. The number of piperidine rings is 1. The number of nitrogens with zero attached hydrogens (tertiary/aromatic N) is 6. The first-order valence-corrected chi connectivity index (χ1v) is 18.1. The molecule has 3 N–H and O–H groups in total. The second kappa shape index (κ2) is 15.7. The van der Waals surface area contributed by atoms with Crippen LogP contribution in [0, 0.1) is 19.3 Å². The molecular weight excluding hydrogens is 732 g/mol. The monoisotopic (exact) mass is 774 g/mol. The minimum atomic E-state index is -0.653. The minimum absolute atomic E-state index is 0.000958. The van der Waals surface area contributed by atoms with Gasteiger partial charge < -0.3 is 25.4 Å². The molecule has 1 aliphatic carbocycles. The lowest BCUT2D eigenvalue weighted by molar-refractivity contribution is -0.138. The maximum atomic E-state index is 14.1. The number of nitrogens with one attached hydrogen (secondary N) is 1. The maximum absolute atomic E-state index is 14.1. The molecule has 274 valence electrons. The van der Waals surface area contributed by atoms with Crippen LogP contribution < -0.4 is 11.1 Å². The summed E-state index contributed by atoms with van der Waals surface area (Å²) in [6.07, 6.45) is 5.39. The number of pyridine rings is 1. The summed E-state index contributed by atoms with van der Waals surface area (Å²) in [7, 11) is 0. The Hall–Kier alpha value is -4.44. The van der Waals surface area contributed by atoms with E-state index in [1.807, 2.05) is 32.0 Å². The topological polar surface area (TPSA) is 185 Å². The Kier molecular flexibility index (Phi) is 11.2. The van der Waals surface area contributed by atoms with Gasteiger partial charge in [-0.05, 0) is 82.9 Å². The molecule has 0 unspecified atom stereocenters. The Bertz CT molecular complexity index is 2020. The van der Waals surface area contributed by atoms with Crippen LogP contribution in [0.4, 0.5) is 5.82 Å². The van der Waals surface area contributed by atoms with E-state index < -0.39 is 6.04 Å². The van der Waals surface area contributed by atoms with Crippen molar-refractivity contribution in [2.75, 3.05) is 38.3 Å². The van der Waals surface area contributed by atoms with E-state index in [0.717, 1.165) is 28.7 Å². The number of aryl methyl sites for hydroxylation is 3. The highest BCUT2D eigenvalue weighted by atomic mass is 79.9. The molecule has 0 bridgehead atoms. The Morgan fingerprint density at radius 3 is 2.50 bits per heavy atom. The lowest BCUT2D eigenvalue weighted by Crippen LogP contribution is -2.47. The number of benzene rings is 1. The predicted molar refractivity (Wildman–Crippen MR) is 197 cm³/mol. The molecule has 2 amide bonds. The first-order chi connectivity index (χ1) is 24.9.